The molecule has 0 radical (unpaired) electrons. The molecule has 26 heavy (non-hydrogen) atoms. The summed E-state index contributed by atoms with van der Waals surface area (Å²) in [5, 5.41) is 7.13. The van der Waals surface area contributed by atoms with Crippen LogP contribution in [0.2, 0.25) is 0 Å². The third kappa shape index (κ3) is 5.08. The van der Waals surface area contributed by atoms with Crippen LogP contribution >= 0.6 is 0 Å². The minimum atomic E-state index is -0.388. The first-order chi connectivity index (χ1) is 12.6. The Balaban J connectivity index is 2.12. The lowest BCUT2D eigenvalue weighted by Gasteiger charge is -2.07. The quantitative estimate of drug-likeness (QED) is 0.693. The number of hydrogen-bond donors (Lipinski definition) is 1. The van der Waals surface area contributed by atoms with Crippen molar-refractivity contribution in [3.05, 3.63) is 41.6 Å². The zero-order chi connectivity index (χ0) is 18.9. The summed E-state index contributed by atoms with van der Waals surface area (Å²) >= 11 is 0. The second-order valence-electron chi connectivity index (χ2n) is 5.71. The summed E-state index contributed by atoms with van der Waals surface area (Å²) < 4.78 is 12.3. The number of anilines is 1. The minimum absolute atomic E-state index is 0.303. The normalized spacial score (nSPS) is 10.4. The predicted octanol–water partition coefficient (Wildman–Crippen LogP) is 3.51. The lowest BCUT2D eigenvalue weighted by molar-refractivity contribution is 0.0526. The highest BCUT2D eigenvalue weighted by atomic mass is 16.5. The van der Waals surface area contributed by atoms with Crippen molar-refractivity contribution >= 4 is 17.6 Å². The van der Waals surface area contributed by atoms with E-state index in [2.05, 4.69) is 10.4 Å². The maximum Gasteiger partial charge on any atom is 0.338 e. The van der Waals surface area contributed by atoms with Crippen LogP contribution in [-0.2, 0) is 11.3 Å². The van der Waals surface area contributed by atoms with Gasteiger partial charge in [-0.2, -0.15) is 0 Å². The molecule has 0 aliphatic rings. The second-order valence-corrected chi connectivity index (χ2v) is 5.71. The third-order valence-corrected chi connectivity index (χ3v) is 3.52. The summed E-state index contributed by atoms with van der Waals surface area (Å²) in [4.78, 5) is 24.3. The zero-order valence-corrected chi connectivity index (χ0v) is 15.4. The monoisotopic (exact) mass is 359 g/mol. The van der Waals surface area contributed by atoms with Crippen LogP contribution in [0.4, 0.5) is 5.69 Å². The predicted molar refractivity (Wildman–Crippen MR) is 98.7 cm³/mol. The summed E-state index contributed by atoms with van der Waals surface area (Å²) in [6.45, 7) is 7.32. The Hall–Kier alpha value is -2.83. The molecule has 0 saturated heterocycles. The molecular weight excluding hydrogens is 334 g/mol. The van der Waals surface area contributed by atoms with Crippen LogP contribution in [0.15, 0.2) is 30.5 Å². The van der Waals surface area contributed by atoms with Gasteiger partial charge < -0.3 is 14.8 Å². The molecule has 7 nitrogen and oxygen atoms in total. The van der Waals surface area contributed by atoms with Gasteiger partial charge in [-0.25, -0.2) is 4.79 Å². The third-order valence-electron chi connectivity index (χ3n) is 3.52. The van der Waals surface area contributed by atoms with Crippen molar-refractivity contribution < 1.29 is 19.1 Å². The molecule has 1 aromatic carbocycles. The average Bonchev–Trinajstić information content (AvgIpc) is 3.04. The van der Waals surface area contributed by atoms with Gasteiger partial charge in [0.2, 0.25) is 5.88 Å². The molecule has 1 aromatic heterocycles. The molecule has 0 saturated carbocycles. The molecule has 0 aliphatic heterocycles. The fourth-order valence-electron chi connectivity index (χ4n) is 2.31. The molecule has 0 aliphatic carbocycles. The first kappa shape index (κ1) is 19.5. The molecule has 2 rings (SSSR count). The number of nitrogens with one attached hydrogen (secondary N) is 1. The molecule has 0 atom stereocenters. The van der Waals surface area contributed by atoms with E-state index in [0.717, 1.165) is 12.8 Å². The molecule has 0 bridgehead atoms. The Bertz CT molecular complexity index is 738. The van der Waals surface area contributed by atoms with Crippen molar-refractivity contribution in [2.45, 2.75) is 40.2 Å². The second kappa shape index (κ2) is 9.60. The Morgan fingerprint density at radius 3 is 2.46 bits per heavy atom. The minimum Gasteiger partial charge on any atom is -0.476 e. The van der Waals surface area contributed by atoms with Crippen molar-refractivity contribution in [1.82, 2.24) is 9.78 Å². The number of benzene rings is 1. The van der Waals surface area contributed by atoms with Crippen molar-refractivity contribution in [3.63, 3.8) is 0 Å². The Labute approximate surface area is 153 Å². The van der Waals surface area contributed by atoms with E-state index in [1.165, 1.54) is 0 Å². The standard InChI is InChI=1S/C19H25N3O4/c1-4-11-22-13-16(18(21-22)26-12-5-2)17(23)20-15-9-7-14(8-10-15)19(24)25-6-3/h7-10,13H,4-6,11-12H2,1-3H3,(H,20,23). The van der Waals surface area contributed by atoms with Crippen molar-refractivity contribution in [2.75, 3.05) is 18.5 Å². The zero-order valence-electron chi connectivity index (χ0n) is 15.4. The molecule has 1 amide bonds. The van der Waals surface area contributed by atoms with E-state index >= 15 is 0 Å². The number of amides is 1. The SMILES string of the molecule is CCCOc1nn(CCC)cc1C(=O)Nc1ccc(C(=O)OCC)cc1. The van der Waals surface area contributed by atoms with E-state index in [4.69, 9.17) is 9.47 Å². The van der Waals surface area contributed by atoms with Gasteiger partial charge in [-0.05, 0) is 44.0 Å². The number of aromatic nitrogens is 2. The average molecular weight is 359 g/mol. The summed E-state index contributed by atoms with van der Waals surface area (Å²) in [5.41, 5.74) is 1.40. The number of nitrogens with zero attached hydrogens (tertiary/aromatic N) is 2. The maximum atomic E-state index is 12.6. The molecule has 1 heterocycles. The van der Waals surface area contributed by atoms with E-state index in [1.54, 1.807) is 42.1 Å². The van der Waals surface area contributed by atoms with Gasteiger partial charge >= 0.3 is 5.97 Å². The van der Waals surface area contributed by atoms with Gasteiger partial charge in [0.15, 0.2) is 0 Å². The fourth-order valence-corrected chi connectivity index (χ4v) is 2.31. The number of esters is 1. The van der Waals surface area contributed by atoms with Gasteiger partial charge in [0.05, 0.1) is 18.8 Å². The molecule has 1 N–H and O–H groups in total. The Kier molecular flexibility index (Phi) is 7.20. The maximum absolute atomic E-state index is 12.6. The Morgan fingerprint density at radius 1 is 1.12 bits per heavy atom. The smallest absolute Gasteiger partial charge is 0.338 e. The summed E-state index contributed by atoms with van der Waals surface area (Å²) in [6.07, 6.45) is 3.43. The van der Waals surface area contributed by atoms with Gasteiger partial charge in [0.1, 0.15) is 5.56 Å². The van der Waals surface area contributed by atoms with E-state index in [0.29, 0.717) is 42.5 Å². The van der Waals surface area contributed by atoms with E-state index in [-0.39, 0.29) is 11.9 Å². The summed E-state index contributed by atoms with van der Waals surface area (Å²) in [7, 11) is 0. The summed E-state index contributed by atoms with van der Waals surface area (Å²) in [5.74, 6) is -0.357. The molecule has 0 fully saturated rings. The van der Waals surface area contributed by atoms with Gasteiger partial charge in [0.25, 0.3) is 5.91 Å². The largest absolute Gasteiger partial charge is 0.476 e. The van der Waals surface area contributed by atoms with Crippen LogP contribution in [0.5, 0.6) is 5.88 Å². The first-order valence-electron chi connectivity index (χ1n) is 8.87. The van der Waals surface area contributed by atoms with Gasteiger partial charge in [0, 0.05) is 18.4 Å². The molecular formula is C19H25N3O4. The number of carbonyl (C=O) groups is 2. The summed E-state index contributed by atoms with van der Waals surface area (Å²) in [6, 6.07) is 6.55. The highest BCUT2D eigenvalue weighted by Crippen LogP contribution is 2.19. The molecule has 2 aromatic rings. The molecule has 140 valence electrons. The van der Waals surface area contributed by atoms with E-state index in [9.17, 15) is 9.59 Å². The number of aryl methyl sites for hydroxylation is 1. The van der Waals surface area contributed by atoms with Crippen molar-refractivity contribution in [1.29, 1.82) is 0 Å². The van der Waals surface area contributed by atoms with Crippen molar-refractivity contribution in [2.24, 2.45) is 0 Å². The number of carbonyl (C=O) groups excluding carboxylic acids is 2. The highest BCUT2D eigenvalue weighted by Gasteiger charge is 2.18. The molecule has 0 spiro atoms. The molecule has 7 heteroatoms. The van der Waals surface area contributed by atoms with Crippen LogP contribution in [0.25, 0.3) is 0 Å². The van der Waals surface area contributed by atoms with Gasteiger partial charge in [-0.15, -0.1) is 5.10 Å². The van der Waals surface area contributed by atoms with Gasteiger partial charge in [-0.3, -0.25) is 9.48 Å². The van der Waals surface area contributed by atoms with Crippen LogP contribution in [0, 0.1) is 0 Å². The van der Waals surface area contributed by atoms with Crippen LogP contribution in [-0.4, -0.2) is 34.9 Å². The Morgan fingerprint density at radius 2 is 1.85 bits per heavy atom. The van der Waals surface area contributed by atoms with Crippen LogP contribution in [0.3, 0.4) is 0 Å². The fraction of sp³-hybridized carbons (Fsp3) is 0.421. The van der Waals surface area contributed by atoms with Crippen molar-refractivity contribution in [3.8, 4) is 5.88 Å². The lowest BCUT2D eigenvalue weighted by atomic mass is 10.2. The first-order valence-corrected chi connectivity index (χ1v) is 8.87. The number of rotatable bonds is 9. The van der Waals surface area contributed by atoms with Gasteiger partial charge in [-0.1, -0.05) is 13.8 Å². The van der Waals surface area contributed by atoms with Crippen LogP contribution < -0.4 is 10.1 Å². The van der Waals surface area contributed by atoms with E-state index in [1.807, 2.05) is 13.8 Å². The topological polar surface area (TPSA) is 82.5 Å². The lowest BCUT2D eigenvalue weighted by Crippen LogP contribution is -2.13. The highest BCUT2D eigenvalue weighted by molar-refractivity contribution is 6.05. The van der Waals surface area contributed by atoms with Crippen LogP contribution in [0.1, 0.15) is 54.3 Å². The number of ether oxygens (including phenoxy) is 2. The van der Waals surface area contributed by atoms with E-state index < -0.39 is 0 Å². The number of hydrogen-bond acceptors (Lipinski definition) is 5. The molecule has 0 unspecified atom stereocenters.